The third kappa shape index (κ3) is 3.27. The molecule has 0 fully saturated rings. The first-order valence-corrected chi connectivity index (χ1v) is 10.8. The van der Waals surface area contributed by atoms with Crippen LogP contribution in [-0.4, -0.2) is 0 Å². The summed E-state index contributed by atoms with van der Waals surface area (Å²) in [6, 6.07) is 24.7. The lowest BCUT2D eigenvalue weighted by Gasteiger charge is -2.24. The maximum absolute atomic E-state index is 3.82. The summed E-state index contributed by atoms with van der Waals surface area (Å²) in [7, 11) is 0. The van der Waals surface area contributed by atoms with E-state index in [0.29, 0.717) is 5.92 Å². The molecule has 4 rings (SSSR count). The monoisotopic (exact) mass is 390 g/mol. The molecular formula is C30H30. The first-order chi connectivity index (χ1) is 14.5. The summed E-state index contributed by atoms with van der Waals surface area (Å²) in [6.45, 7) is 12.9. The van der Waals surface area contributed by atoms with Crippen molar-refractivity contribution < 1.29 is 0 Å². The second-order valence-electron chi connectivity index (χ2n) is 8.62. The molecule has 0 heteroatoms. The fourth-order valence-corrected chi connectivity index (χ4v) is 4.82. The molecule has 0 aliphatic heterocycles. The highest BCUT2D eigenvalue weighted by Gasteiger charge is 2.35. The van der Waals surface area contributed by atoms with Gasteiger partial charge >= 0.3 is 0 Å². The lowest BCUT2D eigenvalue weighted by molar-refractivity contribution is 0.658. The van der Waals surface area contributed by atoms with Crippen LogP contribution in [0.5, 0.6) is 0 Å². The van der Waals surface area contributed by atoms with Crippen LogP contribution in [0, 0.1) is 0 Å². The zero-order valence-corrected chi connectivity index (χ0v) is 18.4. The van der Waals surface area contributed by atoms with Crippen LogP contribution in [0.2, 0.25) is 0 Å². The second kappa shape index (κ2) is 7.95. The standard InChI is InChI=1S/C30H30/c1-6-8-13-22(7-2)25-15-10-9-14-24(25)21(3)23-18-19-27-26-16-11-12-17-28(26)30(4,5)29(27)20-23/h6-21H,1H2,2-5H3. The molecule has 150 valence electrons. The van der Waals surface area contributed by atoms with Gasteiger partial charge in [0.2, 0.25) is 0 Å². The number of hydrogen-bond acceptors (Lipinski definition) is 0. The van der Waals surface area contributed by atoms with Gasteiger partial charge in [-0.3, -0.25) is 0 Å². The van der Waals surface area contributed by atoms with Crippen LogP contribution in [0.1, 0.15) is 61.4 Å². The average Bonchev–Trinajstić information content (AvgIpc) is 3.01. The summed E-state index contributed by atoms with van der Waals surface area (Å²) in [5, 5.41) is 0. The molecule has 3 aromatic carbocycles. The van der Waals surface area contributed by atoms with Gasteiger partial charge in [-0.2, -0.15) is 0 Å². The summed E-state index contributed by atoms with van der Waals surface area (Å²) >= 11 is 0. The molecule has 1 atom stereocenters. The van der Waals surface area contributed by atoms with E-state index < -0.39 is 0 Å². The first kappa shape index (κ1) is 20.2. The van der Waals surface area contributed by atoms with Crippen LogP contribution in [-0.2, 0) is 5.41 Å². The van der Waals surface area contributed by atoms with E-state index in [4.69, 9.17) is 0 Å². The molecule has 0 amide bonds. The molecular weight excluding hydrogens is 360 g/mol. The Labute approximate surface area is 181 Å². The van der Waals surface area contributed by atoms with E-state index in [9.17, 15) is 0 Å². The summed E-state index contributed by atoms with van der Waals surface area (Å²) in [5.74, 6) is 0.304. The largest absolute Gasteiger partial charge is 0.0991 e. The zero-order chi connectivity index (χ0) is 21.3. The maximum atomic E-state index is 3.82. The van der Waals surface area contributed by atoms with Crippen LogP contribution < -0.4 is 0 Å². The molecule has 0 aromatic heterocycles. The Bertz CT molecular complexity index is 1150. The normalized spacial score (nSPS) is 15.7. The van der Waals surface area contributed by atoms with E-state index in [-0.39, 0.29) is 5.41 Å². The lowest BCUT2D eigenvalue weighted by atomic mass is 9.80. The van der Waals surface area contributed by atoms with Crippen LogP contribution in [0.3, 0.4) is 0 Å². The highest BCUT2D eigenvalue weighted by Crippen LogP contribution is 2.49. The molecule has 1 unspecified atom stereocenters. The number of hydrogen-bond donors (Lipinski definition) is 0. The zero-order valence-electron chi connectivity index (χ0n) is 18.4. The van der Waals surface area contributed by atoms with Crippen LogP contribution >= 0.6 is 0 Å². The number of fused-ring (bicyclic) bond motifs is 3. The molecule has 1 aliphatic rings. The van der Waals surface area contributed by atoms with E-state index in [0.717, 1.165) is 0 Å². The second-order valence-corrected chi connectivity index (χ2v) is 8.62. The van der Waals surface area contributed by atoms with Gasteiger partial charge in [-0.1, -0.05) is 118 Å². The number of allylic oxidation sites excluding steroid dienone is 5. The Morgan fingerprint density at radius 2 is 1.60 bits per heavy atom. The van der Waals surface area contributed by atoms with Crippen molar-refractivity contribution in [1.29, 1.82) is 0 Å². The van der Waals surface area contributed by atoms with Crippen molar-refractivity contribution in [2.24, 2.45) is 0 Å². The van der Waals surface area contributed by atoms with Crippen LogP contribution in [0.25, 0.3) is 16.7 Å². The molecule has 0 radical (unpaired) electrons. The molecule has 0 nitrogen and oxygen atoms in total. The van der Waals surface area contributed by atoms with Gasteiger partial charge in [0.05, 0.1) is 0 Å². The van der Waals surface area contributed by atoms with Crippen LogP contribution in [0.15, 0.2) is 97.6 Å². The Morgan fingerprint density at radius 1 is 0.900 bits per heavy atom. The van der Waals surface area contributed by atoms with Gasteiger partial charge in [-0.25, -0.2) is 0 Å². The molecule has 0 spiro atoms. The van der Waals surface area contributed by atoms with Crippen LogP contribution in [0.4, 0.5) is 0 Å². The average molecular weight is 391 g/mol. The predicted molar refractivity (Wildman–Crippen MR) is 131 cm³/mol. The fourth-order valence-electron chi connectivity index (χ4n) is 4.82. The Hall–Kier alpha value is -3.12. The smallest absolute Gasteiger partial charge is 0.0158 e. The van der Waals surface area contributed by atoms with E-state index in [1.807, 2.05) is 12.2 Å². The van der Waals surface area contributed by atoms with Gasteiger partial charge in [0.1, 0.15) is 0 Å². The van der Waals surface area contributed by atoms with Gasteiger partial charge in [0, 0.05) is 11.3 Å². The highest BCUT2D eigenvalue weighted by atomic mass is 14.4. The molecule has 30 heavy (non-hydrogen) atoms. The van der Waals surface area contributed by atoms with Crippen molar-refractivity contribution in [3.05, 3.63) is 125 Å². The summed E-state index contributed by atoms with van der Waals surface area (Å²) in [5.41, 5.74) is 10.9. The van der Waals surface area contributed by atoms with E-state index in [2.05, 4.69) is 113 Å². The molecule has 0 saturated heterocycles. The summed E-state index contributed by atoms with van der Waals surface area (Å²) in [4.78, 5) is 0. The Kier molecular flexibility index (Phi) is 5.35. The minimum absolute atomic E-state index is 0.0301. The van der Waals surface area contributed by atoms with Crippen molar-refractivity contribution in [1.82, 2.24) is 0 Å². The van der Waals surface area contributed by atoms with E-state index in [1.54, 1.807) is 0 Å². The molecule has 1 aliphatic carbocycles. The van der Waals surface area contributed by atoms with Crippen molar-refractivity contribution in [2.45, 2.75) is 39.0 Å². The van der Waals surface area contributed by atoms with Crippen molar-refractivity contribution >= 4 is 5.57 Å². The summed E-state index contributed by atoms with van der Waals surface area (Å²) < 4.78 is 0. The third-order valence-electron chi connectivity index (χ3n) is 6.57. The van der Waals surface area contributed by atoms with E-state index in [1.165, 1.54) is 44.5 Å². The number of benzene rings is 3. The van der Waals surface area contributed by atoms with Crippen molar-refractivity contribution in [2.75, 3.05) is 0 Å². The Balaban J connectivity index is 1.79. The highest BCUT2D eigenvalue weighted by molar-refractivity contribution is 5.81. The maximum Gasteiger partial charge on any atom is 0.0158 e. The van der Waals surface area contributed by atoms with E-state index >= 15 is 0 Å². The van der Waals surface area contributed by atoms with Gasteiger partial charge in [0.25, 0.3) is 0 Å². The van der Waals surface area contributed by atoms with Gasteiger partial charge in [-0.15, -0.1) is 0 Å². The Morgan fingerprint density at radius 3 is 2.37 bits per heavy atom. The van der Waals surface area contributed by atoms with Crippen molar-refractivity contribution in [3.8, 4) is 11.1 Å². The van der Waals surface area contributed by atoms with Gasteiger partial charge in [0.15, 0.2) is 0 Å². The van der Waals surface area contributed by atoms with Gasteiger partial charge in [-0.05, 0) is 51.4 Å². The molecule has 0 saturated carbocycles. The first-order valence-electron chi connectivity index (χ1n) is 10.8. The van der Waals surface area contributed by atoms with Crippen molar-refractivity contribution in [3.63, 3.8) is 0 Å². The molecule has 0 N–H and O–H groups in total. The summed E-state index contributed by atoms with van der Waals surface area (Å²) in [6.07, 6.45) is 8.15. The minimum atomic E-state index is 0.0301. The molecule has 0 heterocycles. The fraction of sp³-hybridized carbons (Fsp3) is 0.200. The SMILES string of the molecule is C=CC=CC(=CC)c1ccccc1C(C)c1ccc2c(c1)C(C)(C)c1ccccc1-2. The quantitative estimate of drug-likeness (QED) is 0.384. The topological polar surface area (TPSA) is 0 Å². The minimum Gasteiger partial charge on any atom is -0.0991 e. The predicted octanol–water partition coefficient (Wildman–Crippen LogP) is 8.29. The molecule has 0 bridgehead atoms. The number of rotatable bonds is 5. The molecule has 3 aromatic rings. The van der Waals surface area contributed by atoms with Gasteiger partial charge < -0.3 is 0 Å². The lowest BCUT2D eigenvalue weighted by Crippen LogP contribution is -2.15. The third-order valence-corrected chi connectivity index (χ3v) is 6.57.